The van der Waals surface area contributed by atoms with Crippen molar-refractivity contribution in [2.45, 2.75) is 38.5 Å². The van der Waals surface area contributed by atoms with Crippen LogP contribution in [0.5, 0.6) is 0 Å². The van der Waals surface area contributed by atoms with Gasteiger partial charge >= 0.3 is 5.97 Å². The maximum Gasteiger partial charge on any atom is 0.323 e. The van der Waals surface area contributed by atoms with Crippen molar-refractivity contribution in [1.29, 1.82) is 0 Å². The molecule has 0 atom stereocenters. The Morgan fingerprint density at radius 3 is 2.28 bits per heavy atom. The fraction of sp³-hybridized carbons (Fsp3) is 0.750. The zero-order chi connectivity index (χ0) is 13.5. The molecule has 2 amide bonds. The number of primary amides is 1. The highest BCUT2D eigenvalue weighted by atomic mass is 16.4. The SMILES string of the molecule is NC(=O)CN(CC(=O)O)C(=O)CCC1CCCC1. The summed E-state index contributed by atoms with van der Waals surface area (Å²) in [4.78, 5) is 34.2. The molecule has 0 unspecified atom stereocenters. The maximum absolute atomic E-state index is 11.8. The van der Waals surface area contributed by atoms with E-state index in [1.807, 2.05) is 0 Å². The van der Waals surface area contributed by atoms with E-state index in [0.717, 1.165) is 24.2 Å². The molecule has 0 bridgehead atoms. The summed E-state index contributed by atoms with van der Waals surface area (Å²) >= 11 is 0. The van der Waals surface area contributed by atoms with Crippen LogP contribution in [-0.2, 0) is 14.4 Å². The summed E-state index contributed by atoms with van der Waals surface area (Å²) < 4.78 is 0. The predicted molar refractivity (Wildman–Crippen MR) is 64.6 cm³/mol. The molecule has 1 aliphatic rings. The molecule has 6 nitrogen and oxygen atoms in total. The fourth-order valence-electron chi connectivity index (χ4n) is 2.37. The van der Waals surface area contributed by atoms with Crippen LogP contribution in [0.25, 0.3) is 0 Å². The molecule has 6 heteroatoms. The number of amides is 2. The average molecular weight is 256 g/mol. The standard InChI is InChI=1S/C12H20N2O4/c13-10(15)7-14(8-12(17)18)11(16)6-5-9-3-1-2-4-9/h9H,1-8H2,(H2,13,15)(H,17,18). The highest BCUT2D eigenvalue weighted by molar-refractivity contribution is 5.86. The number of carbonyl (C=O) groups excluding carboxylic acids is 2. The van der Waals surface area contributed by atoms with Gasteiger partial charge < -0.3 is 15.7 Å². The monoisotopic (exact) mass is 256 g/mol. The number of hydrogen-bond donors (Lipinski definition) is 2. The Labute approximate surface area is 106 Å². The van der Waals surface area contributed by atoms with Crippen LogP contribution in [0.4, 0.5) is 0 Å². The van der Waals surface area contributed by atoms with Gasteiger partial charge in [0.2, 0.25) is 11.8 Å². The quantitative estimate of drug-likeness (QED) is 0.686. The molecule has 1 fully saturated rings. The average Bonchev–Trinajstić information content (AvgIpc) is 2.76. The molecular formula is C12H20N2O4. The third-order valence-electron chi connectivity index (χ3n) is 3.27. The first kappa shape index (κ1) is 14.5. The van der Waals surface area contributed by atoms with Gasteiger partial charge in [0.05, 0.1) is 6.54 Å². The fourth-order valence-corrected chi connectivity index (χ4v) is 2.37. The van der Waals surface area contributed by atoms with Crippen LogP contribution in [0.2, 0.25) is 0 Å². The van der Waals surface area contributed by atoms with Crippen LogP contribution < -0.4 is 5.73 Å². The summed E-state index contributed by atoms with van der Waals surface area (Å²) in [7, 11) is 0. The van der Waals surface area contributed by atoms with E-state index >= 15 is 0 Å². The third kappa shape index (κ3) is 5.16. The lowest BCUT2D eigenvalue weighted by molar-refractivity contribution is -0.145. The van der Waals surface area contributed by atoms with Crippen molar-refractivity contribution in [2.24, 2.45) is 11.7 Å². The molecular weight excluding hydrogens is 236 g/mol. The second-order valence-corrected chi connectivity index (χ2v) is 4.80. The van der Waals surface area contributed by atoms with E-state index in [-0.39, 0.29) is 12.5 Å². The van der Waals surface area contributed by atoms with Crippen LogP contribution in [0.1, 0.15) is 38.5 Å². The first-order chi connectivity index (χ1) is 8.49. The van der Waals surface area contributed by atoms with Crippen LogP contribution in [0.3, 0.4) is 0 Å². The minimum absolute atomic E-state index is 0.297. The zero-order valence-corrected chi connectivity index (χ0v) is 10.4. The van der Waals surface area contributed by atoms with Crippen molar-refractivity contribution in [3.05, 3.63) is 0 Å². The summed E-state index contributed by atoms with van der Waals surface area (Å²) in [6.07, 6.45) is 5.76. The largest absolute Gasteiger partial charge is 0.480 e. The van der Waals surface area contributed by atoms with Crippen LogP contribution >= 0.6 is 0 Å². The summed E-state index contributed by atoms with van der Waals surface area (Å²) in [5.41, 5.74) is 5.00. The number of carbonyl (C=O) groups is 3. The van der Waals surface area contributed by atoms with Gasteiger partial charge in [-0.25, -0.2) is 0 Å². The Balaban J connectivity index is 2.41. The molecule has 0 saturated heterocycles. The Hall–Kier alpha value is -1.59. The molecule has 0 aromatic carbocycles. The highest BCUT2D eigenvalue weighted by Gasteiger charge is 2.21. The smallest absolute Gasteiger partial charge is 0.323 e. The van der Waals surface area contributed by atoms with E-state index in [4.69, 9.17) is 10.8 Å². The van der Waals surface area contributed by atoms with Crippen molar-refractivity contribution < 1.29 is 19.5 Å². The van der Waals surface area contributed by atoms with Crippen LogP contribution in [0.15, 0.2) is 0 Å². The first-order valence-electron chi connectivity index (χ1n) is 6.27. The summed E-state index contributed by atoms with van der Waals surface area (Å²) in [6, 6.07) is 0. The van der Waals surface area contributed by atoms with E-state index in [2.05, 4.69) is 0 Å². The second-order valence-electron chi connectivity index (χ2n) is 4.80. The van der Waals surface area contributed by atoms with E-state index in [1.54, 1.807) is 0 Å². The Bertz CT molecular complexity index is 308. The molecule has 0 aromatic heterocycles. The van der Waals surface area contributed by atoms with Gasteiger partial charge in [-0.3, -0.25) is 14.4 Å². The molecule has 102 valence electrons. The van der Waals surface area contributed by atoms with Gasteiger partial charge in [0.25, 0.3) is 0 Å². The summed E-state index contributed by atoms with van der Waals surface area (Å²) in [5.74, 6) is -1.56. The van der Waals surface area contributed by atoms with Crippen LogP contribution in [-0.4, -0.2) is 40.9 Å². The number of nitrogens with two attached hydrogens (primary N) is 1. The van der Waals surface area contributed by atoms with E-state index in [1.165, 1.54) is 12.8 Å². The van der Waals surface area contributed by atoms with Crippen molar-refractivity contribution >= 4 is 17.8 Å². The number of rotatable bonds is 7. The minimum atomic E-state index is -1.13. The van der Waals surface area contributed by atoms with Crippen molar-refractivity contribution in [3.63, 3.8) is 0 Å². The first-order valence-corrected chi connectivity index (χ1v) is 6.27. The molecule has 0 aliphatic heterocycles. The molecule has 18 heavy (non-hydrogen) atoms. The molecule has 0 aromatic rings. The number of aliphatic carboxylic acids is 1. The lowest BCUT2D eigenvalue weighted by Gasteiger charge is -2.19. The molecule has 3 N–H and O–H groups in total. The van der Waals surface area contributed by atoms with Gasteiger partial charge in [0.15, 0.2) is 0 Å². The van der Waals surface area contributed by atoms with Gasteiger partial charge in [-0.2, -0.15) is 0 Å². The number of carboxylic acids is 1. The Kier molecular flexibility index (Phi) is 5.61. The van der Waals surface area contributed by atoms with Crippen molar-refractivity contribution in [1.82, 2.24) is 4.90 Å². The molecule has 1 aliphatic carbocycles. The van der Waals surface area contributed by atoms with Crippen molar-refractivity contribution in [3.8, 4) is 0 Å². The van der Waals surface area contributed by atoms with Crippen LogP contribution in [0, 0.1) is 5.92 Å². The lowest BCUT2D eigenvalue weighted by Crippen LogP contribution is -2.41. The van der Waals surface area contributed by atoms with Gasteiger partial charge in [0, 0.05) is 6.42 Å². The van der Waals surface area contributed by atoms with E-state index < -0.39 is 18.4 Å². The number of carboxylic acid groups (broad SMARTS) is 1. The topological polar surface area (TPSA) is 101 Å². The zero-order valence-electron chi connectivity index (χ0n) is 10.4. The number of nitrogens with zero attached hydrogens (tertiary/aromatic N) is 1. The maximum atomic E-state index is 11.8. The summed E-state index contributed by atoms with van der Waals surface area (Å²) in [5, 5.41) is 8.68. The van der Waals surface area contributed by atoms with Gasteiger partial charge in [-0.15, -0.1) is 0 Å². The number of hydrogen-bond acceptors (Lipinski definition) is 3. The summed E-state index contributed by atoms with van der Waals surface area (Å²) in [6.45, 7) is -0.789. The second kappa shape index (κ2) is 6.98. The molecule has 0 heterocycles. The third-order valence-corrected chi connectivity index (χ3v) is 3.27. The van der Waals surface area contributed by atoms with E-state index in [0.29, 0.717) is 12.3 Å². The highest BCUT2D eigenvalue weighted by Crippen LogP contribution is 2.28. The lowest BCUT2D eigenvalue weighted by atomic mass is 10.0. The predicted octanol–water partition coefficient (Wildman–Crippen LogP) is 0.355. The Morgan fingerprint density at radius 2 is 1.78 bits per heavy atom. The minimum Gasteiger partial charge on any atom is -0.480 e. The van der Waals surface area contributed by atoms with Gasteiger partial charge in [-0.1, -0.05) is 25.7 Å². The molecule has 1 rings (SSSR count). The molecule has 0 radical (unpaired) electrons. The Morgan fingerprint density at radius 1 is 1.17 bits per heavy atom. The van der Waals surface area contributed by atoms with Crippen molar-refractivity contribution in [2.75, 3.05) is 13.1 Å². The molecule has 1 saturated carbocycles. The van der Waals surface area contributed by atoms with Gasteiger partial charge in [-0.05, 0) is 12.3 Å². The van der Waals surface area contributed by atoms with Gasteiger partial charge in [0.1, 0.15) is 6.54 Å². The van der Waals surface area contributed by atoms with E-state index in [9.17, 15) is 14.4 Å². The molecule has 0 spiro atoms. The normalized spacial score (nSPS) is 15.6.